The Bertz CT molecular complexity index is 685. The number of aromatic nitrogens is 1. The van der Waals surface area contributed by atoms with Gasteiger partial charge in [0.15, 0.2) is 0 Å². The molecule has 1 amide bonds. The number of rotatable bonds is 1. The van der Waals surface area contributed by atoms with Crippen molar-refractivity contribution < 1.29 is 9.90 Å². The van der Waals surface area contributed by atoms with Crippen molar-refractivity contribution >= 4 is 28.4 Å². The molecule has 5 heteroatoms. The zero-order valence-electron chi connectivity index (χ0n) is 11.1. The predicted octanol–water partition coefficient (Wildman–Crippen LogP) is 2.49. The molecule has 0 saturated carbocycles. The molecule has 1 aliphatic rings. The predicted molar refractivity (Wildman–Crippen MR) is 77.9 cm³/mol. The van der Waals surface area contributed by atoms with Crippen molar-refractivity contribution in [2.24, 2.45) is 0 Å². The van der Waals surface area contributed by atoms with Gasteiger partial charge in [0.05, 0.1) is 16.1 Å². The molecule has 0 aliphatic carbocycles. The molecule has 1 aromatic heterocycles. The minimum absolute atomic E-state index is 0.185. The van der Waals surface area contributed by atoms with Crippen LogP contribution in [0.2, 0.25) is 5.02 Å². The van der Waals surface area contributed by atoms with Gasteiger partial charge in [-0.1, -0.05) is 29.8 Å². The number of fused-ring (bicyclic) bond motifs is 1. The Balaban J connectivity index is 1.96. The molecule has 1 saturated heterocycles. The fraction of sp³-hybridized carbons (Fsp3) is 0.333. The first kappa shape index (κ1) is 13.3. The molecule has 1 N–H and O–H groups in total. The number of amides is 1. The lowest BCUT2D eigenvalue weighted by atomic mass is 10.1. The lowest BCUT2D eigenvalue weighted by Gasteiger charge is -2.19. The molecule has 1 aromatic carbocycles. The molecular formula is C15H15ClN2O2. The Morgan fingerprint density at radius 2 is 2.20 bits per heavy atom. The maximum Gasteiger partial charge on any atom is 0.272 e. The van der Waals surface area contributed by atoms with Crippen LogP contribution in [0, 0.1) is 0 Å². The van der Waals surface area contributed by atoms with Gasteiger partial charge in [0.25, 0.3) is 5.91 Å². The molecule has 20 heavy (non-hydrogen) atoms. The molecule has 4 nitrogen and oxygen atoms in total. The zero-order valence-corrected chi connectivity index (χ0v) is 11.9. The number of para-hydroxylation sites is 1. The largest absolute Gasteiger partial charge is 0.388 e. The molecular weight excluding hydrogens is 276 g/mol. The van der Waals surface area contributed by atoms with Crippen LogP contribution in [0.15, 0.2) is 30.3 Å². The second-order valence-electron chi connectivity index (χ2n) is 5.48. The van der Waals surface area contributed by atoms with E-state index in [1.807, 2.05) is 24.3 Å². The summed E-state index contributed by atoms with van der Waals surface area (Å²) in [5.74, 6) is -0.185. The van der Waals surface area contributed by atoms with E-state index < -0.39 is 5.60 Å². The zero-order chi connectivity index (χ0) is 14.3. The highest BCUT2D eigenvalue weighted by Crippen LogP contribution is 2.26. The van der Waals surface area contributed by atoms with E-state index in [1.54, 1.807) is 17.9 Å². The van der Waals surface area contributed by atoms with E-state index in [0.29, 0.717) is 35.7 Å². The van der Waals surface area contributed by atoms with E-state index in [0.717, 1.165) is 5.39 Å². The Morgan fingerprint density at radius 3 is 2.90 bits per heavy atom. The molecule has 0 bridgehead atoms. The number of hydrogen-bond donors (Lipinski definition) is 1. The summed E-state index contributed by atoms with van der Waals surface area (Å²) in [5.41, 5.74) is 0.219. The summed E-state index contributed by atoms with van der Waals surface area (Å²) >= 11 is 6.21. The molecule has 1 fully saturated rings. The summed E-state index contributed by atoms with van der Waals surface area (Å²) in [6.07, 6.45) is 0.583. The summed E-state index contributed by atoms with van der Waals surface area (Å²) in [6, 6.07) is 9.05. The maximum atomic E-state index is 12.4. The van der Waals surface area contributed by atoms with Crippen LogP contribution in [0.25, 0.3) is 10.9 Å². The number of nitrogens with zero attached hydrogens (tertiary/aromatic N) is 2. The minimum Gasteiger partial charge on any atom is -0.388 e. The summed E-state index contributed by atoms with van der Waals surface area (Å²) in [4.78, 5) is 18.4. The molecule has 2 aromatic rings. The van der Waals surface area contributed by atoms with Crippen molar-refractivity contribution in [3.05, 3.63) is 41.0 Å². The summed E-state index contributed by atoms with van der Waals surface area (Å²) in [6.45, 7) is 2.61. The van der Waals surface area contributed by atoms with Gasteiger partial charge in [-0.3, -0.25) is 4.79 Å². The molecule has 1 aliphatic heterocycles. The fourth-order valence-electron chi connectivity index (χ4n) is 2.52. The van der Waals surface area contributed by atoms with Crippen molar-refractivity contribution in [1.82, 2.24) is 9.88 Å². The number of likely N-dealkylation sites (tertiary alicyclic amines) is 1. The highest BCUT2D eigenvalue weighted by atomic mass is 35.5. The number of hydrogen-bond acceptors (Lipinski definition) is 3. The van der Waals surface area contributed by atoms with E-state index in [1.165, 1.54) is 0 Å². The third-order valence-electron chi connectivity index (χ3n) is 3.62. The fourth-order valence-corrected chi connectivity index (χ4v) is 2.79. The van der Waals surface area contributed by atoms with Gasteiger partial charge in [0.2, 0.25) is 0 Å². The quantitative estimate of drug-likeness (QED) is 0.878. The van der Waals surface area contributed by atoms with Gasteiger partial charge in [0.1, 0.15) is 5.69 Å². The van der Waals surface area contributed by atoms with Crippen molar-refractivity contribution in [3.63, 3.8) is 0 Å². The Kier molecular flexibility index (Phi) is 3.15. The third-order valence-corrected chi connectivity index (χ3v) is 3.94. The van der Waals surface area contributed by atoms with Crippen LogP contribution in [0.1, 0.15) is 23.8 Å². The van der Waals surface area contributed by atoms with Crippen LogP contribution < -0.4 is 0 Å². The molecule has 104 valence electrons. The average Bonchev–Trinajstić information content (AvgIpc) is 2.78. The Morgan fingerprint density at radius 1 is 1.45 bits per heavy atom. The van der Waals surface area contributed by atoms with Gasteiger partial charge < -0.3 is 10.0 Å². The number of pyridine rings is 1. The second-order valence-corrected chi connectivity index (χ2v) is 5.89. The van der Waals surface area contributed by atoms with Crippen molar-refractivity contribution in [3.8, 4) is 0 Å². The summed E-state index contributed by atoms with van der Waals surface area (Å²) in [7, 11) is 0. The number of aliphatic hydroxyl groups is 1. The third kappa shape index (κ3) is 2.37. The van der Waals surface area contributed by atoms with E-state index in [2.05, 4.69) is 4.98 Å². The van der Waals surface area contributed by atoms with Crippen molar-refractivity contribution in [2.45, 2.75) is 18.9 Å². The molecule has 0 radical (unpaired) electrons. The average molecular weight is 291 g/mol. The SMILES string of the molecule is CC1(O)CCN(C(=O)c2cc(Cl)c3ccccc3n2)C1. The van der Waals surface area contributed by atoms with Crippen molar-refractivity contribution in [1.29, 1.82) is 0 Å². The van der Waals surface area contributed by atoms with Crippen LogP contribution >= 0.6 is 11.6 Å². The monoisotopic (exact) mass is 290 g/mol. The van der Waals surface area contributed by atoms with Gasteiger partial charge >= 0.3 is 0 Å². The minimum atomic E-state index is -0.809. The van der Waals surface area contributed by atoms with Crippen LogP contribution in [0.5, 0.6) is 0 Å². The first-order chi connectivity index (χ1) is 9.46. The standard InChI is InChI=1S/C15H15ClN2O2/c1-15(20)6-7-18(9-15)14(19)13-8-11(16)10-4-2-3-5-12(10)17-13/h2-5,8,20H,6-7,9H2,1H3. The number of carbonyl (C=O) groups is 1. The van der Waals surface area contributed by atoms with Crippen molar-refractivity contribution in [2.75, 3.05) is 13.1 Å². The molecule has 0 spiro atoms. The first-order valence-electron chi connectivity index (χ1n) is 6.53. The topological polar surface area (TPSA) is 53.4 Å². The number of benzene rings is 1. The summed E-state index contributed by atoms with van der Waals surface area (Å²) in [5, 5.41) is 11.3. The molecule has 1 unspecified atom stereocenters. The maximum absolute atomic E-state index is 12.4. The first-order valence-corrected chi connectivity index (χ1v) is 6.91. The molecule has 3 rings (SSSR count). The van der Waals surface area contributed by atoms with Gasteiger partial charge in [-0.15, -0.1) is 0 Å². The number of β-amino-alcohol motifs (C(OH)–C–C–N with tert-alkyl or cyclic N) is 1. The lowest BCUT2D eigenvalue weighted by Crippen LogP contribution is -2.34. The molecule has 2 heterocycles. The van der Waals surface area contributed by atoms with E-state index >= 15 is 0 Å². The van der Waals surface area contributed by atoms with E-state index in [9.17, 15) is 9.90 Å². The van der Waals surface area contributed by atoms with Gasteiger partial charge in [0, 0.05) is 18.5 Å². The normalized spacial score (nSPS) is 22.4. The smallest absolute Gasteiger partial charge is 0.272 e. The van der Waals surface area contributed by atoms with Gasteiger partial charge in [-0.25, -0.2) is 4.98 Å². The molecule has 1 atom stereocenters. The van der Waals surface area contributed by atoms with Crippen LogP contribution in [0.3, 0.4) is 0 Å². The lowest BCUT2D eigenvalue weighted by molar-refractivity contribution is 0.0569. The van der Waals surface area contributed by atoms with Crippen LogP contribution in [-0.4, -0.2) is 39.6 Å². The second kappa shape index (κ2) is 4.72. The van der Waals surface area contributed by atoms with E-state index in [-0.39, 0.29) is 5.91 Å². The van der Waals surface area contributed by atoms with Crippen LogP contribution in [0.4, 0.5) is 0 Å². The number of halogens is 1. The van der Waals surface area contributed by atoms with Gasteiger partial charge in [-0.05, 0) is 25.5 Å². The van der Waals surface area contributed by atoms with E-state index in [4.69, 9.17) is 11.6 Å². The van der Waals surface area contributed by atoms with Crippen LogP contribution in [-0.2, 0) is 0 Å². The highest BCUT2D eigenvalue weighted by Gasteiger charge is 2.34. The Hall–Kier alpha value is -1.65. The highest BCUT2D eigenvalue weighted by molar-refractivity contribution is 6.35. The van der Waals surface area contributed by atoms with Gasteiger partial charge in [-0.2, -0.15) is 0 Å². The Labute approximate surface area is 122 Å². The number of carbonyl (C=O) groups excluding carboxylic acids is 1. The summed E-state index contributed by atoms with van der Waals surface area (Å²) < 4.78 is 0.